The number of aliphatic imine (C=N–C) groups is 1. The number of ketones is 1. The molecule has 1 amide bonds. The molecule has 1 atom stereocenters. The third-order valence-electron chi connectivity index (χ3n) is 6.93. The number of hydrogen-bond donors (Lipinski definition) is 2. The van der Waals surface area contributed by atoms with Gasteiger partial charge in [-0.05, 0) is 69.6 Å². The lowest BCUT2D eigenvalue weighted by Crippen LogP contribution is -2.40. The zero-order valence-electron chi connectivity index (χ0n) is 23.4. The Balaban J connectivity index is 1.43. The monoisotopic (exact) mass is 542 g/mol. The van der Waals surface area contributed by atoms with Crippen LogP contribution in [0.15, 0.2) is 102 Å². The van der Waals surface area contributed by atoms with Crippen LogP contribution in [0.2, 0.25) is 0 Å². The summed E-state index contributed by atoms with van der Waals surface area (Å²) in [7, 11) is 3.64. The fraction of sp³-hybridized carbons (Fsp3) is 0.258. The zero-order chi connectivity index (χ0) is 28.9. The first-order valence-electron chi connectivity index (χ1n) is 13.0. The summed E-state index contributed by atoms with van der Waals surface area (Å²) in [6.45, 7) is 5.82. The Labute approximate surface area is 234 Å². The predicted octanol–water partition coefficient (Wildman–Crippen LogP) is 5.23. The smallest absolute Gasteiger partial charge is 0.296 e. The van der Waals surface area contributed by atoms with Gasteiger partial charge in [0.15, 0.2) is 5.83 Å². The normalized spacial score (nSPS) is 17.5. The van der Waals surface area contributed by atoms with Crippen molar-refractivity contribution in [3.05, 3.63) is 103 Å². The van der Waals surface area contributed by atoms with E-state index < -0.39 is 11.7 Å². The lowest BCUT2D eigenvalue weighted by Gasteiger charge is -2.35. The van der Waals surface area contributed by atoms with E-state index in [1.54, 1.807) is 31.0 Å². The molecule has 9 heteroatoms. The van der Waals surface area contributed by atoms with Gasteiger partial charge in [-0.25, -0.2) is 9.38 Å². The number of halogens is 1. The molecule has 0 radical (unpaired) electrons. The van der Waals surface area contributed by atoms with Crippen LogP contribution in [0.3, 0.4) is 0 Å². The number of amides is 1. The Bertz CT molecular complexity index is 1380. The predicted molar refractivity (Wildman–Crippen MR) is 159 cm³/mol. The second-order valence-electron chi connectivity index (χ2n) is 10.4. The summed E-state index contributed by atoms with van der Waals surface area (Å²) in [6.07, 6.45) is 10.2. The van der Waals surface area contributed by atoms with Crippen molar-refractivity contribution in [2.24, 2.45) is 4.99 Å². The quantitative estimate of drug-likeness (QED) is 0.334. The fourth-order valence-electron chi connectivity index (χ4n) is 4.38. The molecule has 4 rings (SSSR count). The number of anilines is 2. The Kier molecular flexibility index (Phi) is 8.64. The summed E-state index contributed by atoms with van der Waals surface area (Å²) in [4.78, 5) is 35.8. The van der Waals surface area contributed by atoms with Crippen molar-refractivity contribution in [1.29, 1.82) is 0 Å². The van der Waals surface area contributed by atoms with Gasteiger partial charge in [-0.2, -0.15) is 0 Å². The molecule has 2 heterocycles. The Hall–Kier alpha value is -4.50. The van der Waals surface area contributed by atoms with Crippen LogP contribution in [0.1, 0.15) is 32.8 Å². The average molecular weight is 543 g/mol. The highest BCUT2D eigenvalue weighted by molar-refractivity contribution is 6.47. The first-order valence-corrected chi connectivity index (χ1v) is 13.0. The molecule has 2 aromatic rings. The lowest BCUT2D eigenvalue weighted by molar-refractivity contribution is -0.132. The average Bonchev–Trinajstić information content (AvgIpc) is 2.96. The molecule has 2 aliphatic rings. The molecule has 208 valence electrons. The van der Waals surface area contributed by atoms with Gasteiger partial charge >= 0.3 is 0 Å². The van der Waals surface area contributed by atoms with Crippen molar-refractivity contribution < 1.29 is 14.0 Å². The first-order chi connectivity index (χ1) is 19.1. The van der Waals surface area contributed by atoms with Crippen LogP contribution in [0.25, 0.3) is 5.57 Å². The van der Waals surface area contributed by atoms with E-state index in [0.717, 1.165) is 16.8 Å². The van der Waals surface area contributed by atoms with Gasteiger partial charge in [0.25, 0.3) is 5.91 Å². The summed E-state index contributed by atoms with van der Waals surface area (Å²) in [5.74, 6) is -1.64. The van der Waals surface area contributed by atoms with Gasteiger partial charge in [0.1, 0.15) is 0 Å². The van der Waals surface area contributed by atoms with Crippen LogP contribution in [-0.2, 0) is 9.59 Å². The number of carbonyl (C=O) groups excluding carboxylic acids is 2. The minimum Gasteiger partial charge on any atom is -0.339 e. The molecule has 0 bridgehead atoms. The van der Waals surface area contributed by atoms with Gasteiger partial charge in [0.2, 0.25) is 12.1 Å². The molecule has 0 aromatic heterocycles. The number of allylic oxidation sites excluding steroid dienone is 1. The highest BCUT2D eigenvalue weighted by Gasteiger charge is 2.25. The second kappa shape index (κ2) is 12.1. The van der Waals surface area contributed by atoms with Gasteiger partial charge in [-0.15, -0.1) is 0 Å². The van der Waals surface area contributed by atoms with Crippen molar-refractivity contribution in [3.8, 4) is 0 Å². The minimum atomic E-state index is -0.683. The Morgan fingerprint density at radius 3 is 2.25 bits per heavy atom. The number of nitrogens with zero attached hydrogens (tertiary/aromatic N) is 4. The van der Waals surface area contributed by atoms with Crippen LogP contribution < -0.4 is 15.5 Å². The van der Waals surface area contributed by atoms with E-state index in [2.05, 4.69) is 29.5 Å². The molecular formula is C31H35FN6O2. The number of Topliss-reactive ketones (excluding diaryl/α,β-unsaturated/α-hetero) is 1. The van der Waals surface area contributed by atoms with E-state index in [1.807, 2.05) is 84.1 Å². The van der Waals surface area contributed by atoms with Gasteiger partial charge < -0.3 is 25.3 Å². The van der Waals surface area contributed by atoms with E-state index in [1.165, 1.54) is 12.4 Å². The topological polar surface area (TPSA) is 80.3 Å². The number of hydrogen-bond acceptors (Lipinski definition) is 7. The Morgan fingerprint density at radius 2 is 1.65 bits per heavy atom. The van der Waals surface area contributed by atoms with Crippen molar-refractivity contribution in [1.82, 2.24) is 15.1 Å². The second-order valence-corrected chi connectivity index (χ2v) is 10.4. The van der Waals surface area contributed by atoms with Crippen LogP contribution >= 0.6 is 0 Å². The van der Waals surface area contributed by atoms with E-state index in [0.29, 0.717) is 17.7 Å². The number of rotatable bonds is 9. The molecule has 0 fully saturated rings. The van der Waals surface area contributed by atoms with Crippen LogP contribution in [0.4, 0.5) is 15.8 Å². The highest BCUT2D eigenvalue weighted by atomic mass is 19.1. The Morgan fingerprint density at radius 1 is 1.00 bits per heavy atom. The third-order valence-corrected chi connectivity index (χ3v) is 6.93. The number of carbonyl (C=O) groups is 2. The summed E-state index contributed by atoms with van der Waals surface area (Å²) in [6, 6.07) is 16.9. The molecule has 1 unspecified atom stereocenters. The lowest BCUT2D eigenvalue weighted by atomic mass is 9.87. The summed E-state index contributed by atoms with van der Waals surface area (Å²) in [5, 5.41) is 6.01. The first kappa shape index (κ1) is 28.5. The zero-order valence-corrected chi connectivity index (χ0v) is 23.4. The summed E-state index contributed by atoms with van der Waals surface area (Å²) in [5.41, 5.74) is 3.29. The van der Waals surface area contributed by atoms with Gasteiger partial charge in [0.05, 0.1) is 6.21 Å². The molecule has 8 nitrogen and oxygen atoms in total. The van der Waals surface area contributed by atoms with Gasteiger partial charge in [-0.3, -0.25) is 9.59 Å². The molecule has 0 aliphatic carbocycles. The van der Waals surface area contributed by atoms with Crippen LogP contribution in [-0.4, -0.2) is 53.6 Å². The highest BCUT2D eigenvalue weighted by Crippen LogP contribution is 2.29. The molecule has 2 N–H and O–H groups in total. The maximum Gasteiger partial charge on any atom is 0.296 e. The fourth-order valence-corrected chi connectivity index (χ4v) is 4.38. The van der Waals surface area contributed by atoms with Crippen molar-refractivity contribution in [2.75, 3.05) is 24.3 Å². The largest absolute Gasteiger partial charge is 0.339 e. The van der Waals surface area contributed by atoms with Crippen molar-refractivity contribution in [3.63, 3.8) is 0 Å². The number of benzene rings is 2. The third kappa shape index (κ3) is 6.73. The minimum absolute atomic E-state index is 0.262. The van der Waals surface area contributed by atoms with Gasteiger partial charge in [0, 0.05) is 60.5 Å². The van der Waals surface area contributed by atoms with E-state index in [4.69, 9.17) is 0 Å². The molecule has 0 spiro atoms. The van der Waals surface area contributed by atoms with E-state index >= 15 is 0 Å². The van der Waals surface area contributed by atoms with E-state index in [-0.39, 0.29) is 17.7 Å². The standard InChI is InChI=1S/C31H35FN6O2/c1-22(27(19-31(2,3)33-4)23-9-7-6-8-10-23)28(39)29(40)35-25-11-13-26(14-12-25)37-15-17-38(18-16-37)30-34-20-24(32)21-36(30)5/h6-18,20-21,30,33H,19H2,1-5H3,(H,35,40)/b27-22-. The molecule has 0 saturated heterocycles. The van der Waals surface area contributed by atoms with E-state index in [9.17, 15) is 14.0 Å². The van der Waals surface area contributed by atoms with Crippen molar-refractivity contribution in [2.45, 2.75) is 39.0 Å². The molecule has 0 saturated carbocycles. The molecule has 2 aromatic carbocycles. The SMILES string of the molecule is CNC(C)(C)C/C(=C(\C)C(=O)C(=O)Nc1ccc(N2C=CN(C3N=CC(F)=CN3C)C=C2)cc1)c1ccccc1. The maximum atomic E-state index is 13.4. The van der Waals surface area contributed by atoms with Crippen LogP contribution in [0.5, 0.6) is 0 Å². The van der Waals surface area contributed by atoms with Gasteiger partial charge in [-0.1, -0.05) is 30.3 Å². The summed E-state index contributed by atoms with van der Waals surface area (Å²) >= 11 is 0. The van der Waals surface area contributed by atoms with Crippen LogP contribution in [0, 0.1) is 0 Å². The molecular weight excluding hydrogens is 507 g/mol. The molecule has 40 heavy (non-hydrogen) atoms. The summed E-state index contributed by atoms with van der Waals surface area (Å²) < 4.78 is 13.4. The number of nitrogens with one attached hydrogen (secondary N) is 2. The van der Waals surface area contributed by atoms with Crippen molar-refractivity contribution >= 4 is 34.9 Å². The maximum absolute atomic E-state index is 13.4. The molecule has 2 aliphatic heterocycles.